The third-order valence-corrected chi connectivity index (χ3v) is 5.30. The van der Waals surface area contributed by atoms with E-state index in [9.17, 15) is 4.79 Å². The number of amides is 1. The summed E-state index contributed by atoms with van der Waals surface area (Å²) >= 11 is 4.87. The fraction of sp³-hybridized carbons (Fsp3) is 0.111. The van der Waals surface area contributed by atoms with Crippen LogP contribution < -0.4 is 5.32 Å². The summed E-state index contributed by atoms with van der Waals surface area (Å²) in [4.78, 5) is 17.0. The number of furan rings is 1. The number of fused-ring (bicyclic) bond motifs is 2. The van der Waals surface area contributed by atoms with Crippen LogP contribution in [0.3, 0.4) is 0 Å². The summed E-state index contributed by atoms with van der Waals surface area (Å²) in [6.45, 7) is 3.92. The van der Waals surface area contributed by atoms with Crippen LogP contribution in [0.4, 0.5) is 5.13 Å². The molecule has 0 aliphatic rings. The van der Waals surface area contributed by atoms with Crippen molar-refractivity contribution in [1.29, 1.82) is 0 Å². The van der Waals surface area contributed by atoms with Gasteiger partial charge in [0.2, 0.25) is 0 Å². The zero-order valence-corrected chi connectivity index (χ0v) is 15.4. The summed E-state index contributed by atoms with van der Waals surface area (Å²) < 4.78 is 7.71. The van der Waals surface area contributed by atoms with Gasteiger partial charge in [-0.3, -0.25) is 10.1 Å². The molecule has 4 aromatic rings. The second-order valence-electron chi connectivity index (χ2n) is 5.64. The van der Waals surface area contributed by atoms with Crippen LogP contribution in [0.2, 0.25) is 0 Å². The molecule has 0 fully saturated rings. The van der Waals surface area contributed by atoms with Crippen molar-refractivity contribution in [2.75, 3.05) is 5.32 Å². The van der Waals surface area contributed by atoms with Gasteiger partial charge in [-0.05, 0) is 49.7 Å². The molecule has 0 saturated heterocycles. The van der Waals surface area contributed by atoms with Crippen molar-refractivity contribution in [1.82, 2.24) is 4.98 Å². The monoisotopic (exact) mass is 400 g/mol. The van der Waals surface area contributed by atoms with Crippen molar-refractivity contribution < 1.29 is 9.21 Å². The molecule has 4 nitrogen and oxygen atoms in total. The molecule has 2 aromatic heterocycles. The van der Waals surface area contributed by atoms with Crippen LogP contribution in [0.1, 0.15) is 21.7 Å². The normalized spacial score (nSPS) is 11.3. The number of aromatic nitrogens is 1. The molecule has 0 atom stereocenters. The lowest BCUT2D eigenvalue weighted by molar-refractivity contribution is 0.0998. The average Bonchev–Trinajstić information content (AvgIpc) is 3.07. The topological polar surface area (TPSA) is 55.1 Å². The Morgan fingerprint density at radius 2 is 2.04 bits per heavy atom. The number of carbonyl (C=O) groups excluding carboxylic acids is 1. The molecule has 1 N–H and O–H groups in total. The zero-order valence-electron chi connectivity index (χ0n) is 13.0. The second kappa shape index (κ2) is 5.72. The Kier molecular flexibility index (Phi) is 3.66. The first-order valence-electron chi connectivity index (χ1n) is 7.38. The number of carbonyl (C=O) groups is 1. The molecular formula is C18H13BrN2O2S. The molecular weight excluding hydrogens is 388 g/mol. The lowest BCUT2D eigenvalue weighted by Crippen LogP contribution is -2.11. The van der Waals surface area contributed by atoms with Gasteiger partial charge in [0, 0.05) is 15.4 Å². The quantitative estimate of drug-likeness (QED) is 0.471. The molecule has 0 unspecified atom stereocenters. The highest BCUT2D eigenvalue weighted by molar-refractivity contribution is 9.10. The van der Waals surface area contributed by atoms with Gasteiger partial charge in [0.05, 0.1) is 10.2 Å². The zero-order chi connectivity index (χ0) is 16.8. The minimum atomic E-state index is -0.282. The van der Waals surface area contributed by atoms with Crippen molar-refractivity contribution in [3.8, 4) is 0 Å². The Hall–Kier alpha value is -2.18. The van der Waals surface area contributed by atoms with Crippen LogP contribution in [0, 0.1) is 13.8 Å². The minimum Gasteiger partial charge on any atom is -0.451 e. The predicted octanol–water partition coefficient (Wildman–Crippen LogP) is 5.67. The third kappa shape index (κ3) is 2.61. The lowest BCUT2D eigenvalue weighted by atomic mass is 10.1. The fourth-order valence-corrected chi connectivity index (χ4v) is 3.95. The molecule has 0 radical (unpaired) electrons. The minimum absolute atomic E-state index is 0.282. The number of aryl methyl sites for hydroxylation is 2. The van der Waals surface area contributed by atoms with E-state index in [4.69, 9.17) is 4.42 Å². The molecule has 0 aliphatic heterocycles. The van der Waals surface area contributed by atoms with E-state index in [0.717, 1.165) is 25.6 Å². The first-order chi connectivity index (χ1) is 11.5. The Morgan fingerprint density at radius 1 is 1.21 bits per heavy atom. The smallest absolute Gasteiger partial charge is 0.293 e. The van der Waals surface area contributed by atoms with Gasteiger partial charge in [-0.15, -0.1) is 0 Å². The van der Waals surface area contributed by atoms with E-state index < -0.39 is 0 Å². The number of hydrogen-bond acceptors (Lipinski definition) is 4. The highest BCUT2D eigenvalue weighted by atomic mass is 79.9. The standard InChI is InChI=1S/C18H13BrN2O2S/c1-9-3-6-13-15(7-9)24-18(20-13)21-17(22)16-10(2)12-5-4-11(19)8-14(12)23-16/h3-8H,1-2H3,(H,20,21,22). The van der Waals surface area contributed by atoms with E-state index in [1.807, 2.05) is 44.2 Å². The molecule has 1 amide bonds. The number of rotatable bonds is 2. The van der Waals surface area contributed by atoms with Gasteiger partial charge in [0.1, 0.15) is 5.58 Å². The Balaban J connectivity index is 1.69. The van der Waals surface area contributed by atoms with Crippen LogP contribution in [-0.2, 0) is 0 Å². The SMILES string of the molecule is Cc1ccc2nc(NC(=O)c3oc4cc(Br)ccc4c3C)sc2c1. The molecule has 0 spiro atoms. The number of hydrogen-bond donors (Lipinski definition) is 1. The van der Waals surface area contributed by atoms with E-state index in [-0.39, 0.29) is 5.91 Å². The van der Waals surface area contributed by atoms with Gasteiger partial charge < -0.3 is 4.42 Å². The molecule has 2 aromatic carbocycles. The van der Waals surface area contributed by atoms with Crippen LogP contribution in [0.25, 0.3) is 21.2 Å². The van der Waals surface area contributed by atoms with E-state index in [1.165, 1.54) is 16.9 Å². The Labute approximate surface area is 150 Å². The van der Waals surface area contributed by atoms with Gasteiger partial charge >= 0.3 is 0 Å². The van der Waals surface area contributed by atoms with Crippen molar-refractivity contribution >= 4 is 59.5 Å². The van der Waals surface area contributed by atoms with Gasteiger partial charge in [0.15, 0.2) is 10.9 Å². The van der Waals surface area contributed by atoms with Crippen LogP contribution in [-0.4, -0.2) is 10.9 Å². The molecule has 6 heteroatoms. The first-order valence-corrected chi connectivity index (χ1v) is 8.99. The molecule has 0 saturated carbocycles. The highest BCUT2D eigenvalue weighted by Crippen LogP contribution is 2.30. The Morgan fingerprint density at radius 3 is 2.88 bits per heavy atom. The molecule has 0 aliphatic carbocycles. The average molecular weight is 401 g/mol. The number of halogens is 1. The number of nitrogens with zero attached hydrogens (tertiary/aromatic N) is 1. The molecule has 24 heavy (non-hydrogen) atoms. The Bertz CT molecular complexity index is 1100. The number of nitrogens with one attached hydrogen (secondary N) is 1. The summed E-state index contributed by atoms with van der Waals surface area (Å²) in [6.07, 6.45) is 0. The largest absolute Gasteiger partial charge is 0.451 e. The summed E-state index contributed by atoms with van der Waals surface area (Å²) in [7, 11) is 0. The summed E-state index contributed by atoms with van der Waals surface area (Å²) in [5.74, 6) is 0.0362. The van der Waals surface area contributed by atoms with E-state index in [2.05, 4.69) is 32.3 Å². The molecule has 0 bridgehead atoms. The number of thiazole rings is 1. The fourth-order valence-electron chi connectivity index (χ4n) is 2.66. The summed E-state index contributed by atoms with van der Waals surface area (Å²) in [6, 6.07) is 11.8. The van der Waals surface area contributed by atoms with Gasteiger partial charge in [-0.25, -0.2) is 4.98 Å². The summed E-state index contributed by atoms with van der Waals surface area (Å²) in [5.41, 5.74) is 3.56. The second-order valence-corrected chi connectivity index (χ2v) is 7.59. The number of benzene rings is 2. The maximum Gasteiger partial charge on any atom is 0.293 e. The first kappa shape index (κ1) is 15.4. The van der Waals surface area contributed by atoms with Crippen molar-refractivity contribution in [2.45, 2.75) is 13.8 Å². The van der Waals surface area contributed by atoms with E-state index >= 15 is 0 Å². The van der Waals surface area contributed by atoms with Crippen molar-refractivity contribution in [2.24, 2.45) is 0 Å². The lowest BCUT2D eigenvalue weighted by Gasteiger charge is -1.98. The highest BCUT2D eigenvalue weighted by Gasteiger charge is 2.19. The van der Waals surface area contributed by atoms with Crippen molar-refractivity contribution in [3.05, 3.63) is 57.8 Å². The van der Waals surface area contributed by atoms with E-state index in [0.29, 0.717) is 16.5 Å². The maximum atomic E-state index is 12.6. The van der Waals surface area contributed by atoms with Crippen molar-refractivity contribution in [3.63, 3.8) is 0 Å². The third-order valence-electron chi connectivity index (χ3n) is 3.87. The van der Waals surface area contributed by atoms with Gasteiger partial charge in [-0.1, -0.05) is 33.3 Å². The predicted molar refractivity (Wildman–Crippen MR) is 101 cm³/mol. The van der Waals surface area contributed by atoms with Crippen LogP contribution >= 0.6 is 27.3 Å². The maximum absolute atomic E-state index is 12.6. The van der Waals surface area contributed by atoms with Gasteiger partial charge in [-0.2, -0.15) is 0 Å². The number of anilines is 1. The summed E-state index contributed by atoms with van der Waals surface area (Å²) in [5, 5.41) is 4.35. The van der Waals surface area contributed by atoms with Crippen LogP contribution in [0.5, 0.6) is 0 Å². The molecule has 2 heterocycles. The molecule has 120 valence electrons. The van der Waals surface area contributed by atoms with Crippen LogP contribution in [0.15, 0.2) is 45.3 Å². The van der Waals surface area contributed by atoms with Gasteiger partial charge in [0.25, 0.3) is 5.91 Å². The molecule has 4 rings (SSSR count). The van der Waals surface area contributed by atoms with E-state index in [1.54, 1.807) is 0 Å².